The van der Waals surface area contributed by atoms with Crippen molar-refractivity contribution in [3.63, 3.8) is 0 Å². The fourth-order valence-corrected chi connectivity index (χ4v) is 3.76. The summed E-state index contributed by atoms with van der Waals surface area (Å²) in [6.45, 7) is 4.23. The van der Waals surface area contributed by atoms with Gasteiger partial charge in [-0.1, -0.05) is 59.6 Å². The Balaban J connectivity index is 1.62. The third kappa shape index (κ3) is 6.99. The number of carboxylic acid groups (broad SMARTS) is 1. The van der Waals surface area contributed by atoms with Crippen LogP contribution in [0, 0.1) is 6.92 Å². The van der Waals surface area contributed by atoms with E-state index in [1.165, 1.54) is 6.07 Å². The van der Waals surface area contributed by atoms with E-state index in [2.05, 4.69) is 0 Å². The van der Waals surface area contributed by atoms with Crippen molar-refractivity contribution in [1.29, 1.82) is 0 Å². The summed E-state index contributed by atoms with van der Waals surface area (Å²) >= 11 is 12.4. The number of carbonyl (C=O) groups excluding carboxylic acids is 1. The quantitative estimate of drug-likeness (QED) is 0.293. The Morgan fingerprint density at radius 2 is 1.71 bits per heavy atom. The van der Waals surface area contributed by atoms with Gasteiger partial charge in [0.1, 0.15) is 11.5 Å². The third-order valence-electron chi connectivity index (χ3n) is 5.35. The smallest absolute Gasteiger partial charge is 0.303 e. The van der Waals surface area contributed by atoms with Crippen LogP contribution in [0.15, 0.2) is 60.7 Å². The summed E-state index contributed by atoms with van der Waals surface area (Å²) < 4.78 is 11.9. The van der Waals surface area contributed by atoms with Gasteiger partial charge in [-0.3, -0.25) is 9.59 Å². The number of rotatable bonds is 11. The molecule has 0 aliphatic heterocycles. The lowest BCUT2D eigenvalue weighted by Crippen LogP contribution is -2.17. The number of aliphatic carboxylic acids is 1. The number of hydrogen-bond donors (Lipinski definition) is 1. The van der Waals surface area contributed by atoms with Crippen LogP contribution in [0.4, 0.5) is 0 Å². The maximum Gasteiger partial charge on any atom is 0.303 e. The van der Waals surface area contributed by atoms with Crippen LogP contribution < -0.4 is 9.47 Å². The molecule has 178 valence electrons. The predicted octanol–water partition coefficient (Wildman–Crippen LogP) is 6.79. The topological polar surface area (TPSA) is 72.8 Å². The zero-order valence-electron chi connectivity index (χ0n) is 19.0. The van der Waals surface area contributed by atoms with Crippen LogP contribution in [0.2, 0.25) is 10.0 Å². The first-order chi connectivity index (χ1) is 16.2. The van der Waals surface area contributed by atoms with Crippen LogP contribution in [0.3, 0.4) is 0 Å². The molecule has 1 atom stereocenters. The van der Waals surface area contributed by atoms with E-state index in [0.717, 1.165) is 11.1 Å². The molecule has 5 nitrogen and oxygen atoms in total. The van der Waals surface area contributed by atoms with Gasteiger partial charge < -0.3 is 14.6 Å². The number of ketones is 1. The Labute approximate surface area is 209 Å². The number of halogens is 2. The molecule has 0 unspecified atom stereocenters. The Morgan fingerprint density at radius 3 is 2.38 bits per heavy atom. The van der Waals surface area contributed by atoms with Crippen LogP contribution in [0.5, 0.6) is 11.5 Å². The first-order valence-electron chi connectivity index (χ1n) is 10.9. The van der Waals surface area contributed by atoms with Gasteiger partial charge in [0.2, 0.25) is 0 Å². The summed E-state index contributed by atoms with van der Waals surface area (Å²) in [5, 5.41) is 9.45. The molecule has 3 aromatic carbocycles. The highest BCUT2D eigenvalue weighted by atomic mass is 35.5. The van der Waals surface area contributed by atoms with E-state index < -0.39 is 5.97 Å². The van der Waals surface area contributed by atoms with E-state index in [1.807, 2.05) is 38.1 Å². The maximum absolute atomic E-state index is 13.0. The summed E-state index contributed by atoms with van der Waals surface area (Å²) in [7, 11) is 0. The van der Waals surface area contributed by atoms with Crippen molar-refractivity contribution in [2.24, 2.45) is 0 Å². The fraction of sp³-hybridized carbons (Fsp3) is 0.259. The summed E-state index contributed by atoms with van der Waals surface area (Å²) in [6.07, 6.45) is 0.897. The second-order valence-corrected chi connectivity index (χ2v) is 8.82. The molecule has 3 aromatic rings. The van der Waals surface area contributed by atoms with Crippen LogP contribution in [0.1, 0.15) is 46.8 Å². The standard InChI is InChI=1S/C27H26Cl2O5/c1-17-14-21(10-8-19(17)9-11-26(30)31)33-13-12-18(2)34-25-16-24(29)23(28)15-22(25)27(32)20-6-4-3-5-7-20/h3-8,10,14-16,18H,9,11-13H2,1-2H3,(H,30,31)/t18-/m1/s1. The fourth-order valence-electron chi connectivity index (χ4n) is 3.45. The Hall–Kier alpha value is -3.02. The van der Waals surface area contributed by atoms with Crippen molar-refractivity contribution >= 4 is 35.0 Å². The summed E-state index contributed by atoms with van der Waals surface area (Å²) in [5.74, 6) is 0.0630. The SMILES string of the molecule is Cc1cc(OCC[C@@H](C)Oc2cc(Cl)c(Cl)cc2C(=O)c2ccccc2)ccc1CCC(=O)O. The van der Waals surface area contributed by atoms with Crippen molar-refractivity contribution < 1.29 is 24.2 Å². The minimum atomic E-state index is -0.815. The van der Waals surface area contributed by atoms with E-state index in [-0.39, 0.29) is 23.3 Å². The van der Waals surface area contributed by atoms with Gasteiger partial charge in [0.15, 0.2) is 5.78 Å². The highest BCUT2D eigenvalue weighted by molar-refractivity contribution is 6.42. The predicted molar refractivity (Wildman–Crippen MR) is 134 cm³/mol. The number of carbonyl (C=O) groups is 2. The summed E-state index contributed by atoms with van der Waals surface area (Å²) in [5.41, 5.74) is 2.86. The molecule has 0 aromatic heterocycles. The molecule has 0 aliphatic carbocycles. The molecule has 1 N–H and O–H groups in total. The van der Waals surface area contributed by atoms with Crippen molar-refractivity contribution in [3.05, 3.63) is 93.0 Å². The molecular weight excluding hydrogens is 475 g/mol. The van der Waals surface area contributed by atoms with Gasteiger partial charge in [-0.2, -0.15) is 0 Å². The van der Waals surface area contributed by atoms with E-state index in [9.17, 15) is 9.59 Å². The van der Waals surface area contributed by atoms with Crippen molar-refractivity contribution in [3.8, 4) is 11.5 Å². The van der Waals surface area contributed by atoms with Crippen LogP contribution in [0.25, 0.3) is 0 Å². The lowest BCUT2D eigenvalue weighted by Gasteiger charge is -2.18. The minimum Gasteiger partial charge on any atom is -0.493 e. The molecule has 0 fully saturated rings. The van der Waals surface area contributed by atoms with Gasteiger partial charge in [-0.05, 0) is 49.6 Å². The molecule has 0 heterocycles. The van der Waals surface area contributed by atoms with E-state index >= 15 is 0 Å². The van der Waals surface area contributed by atoms with Gasteiger partial charge in [0.05, 0.1) is 28.3 Å². The van der Waals surface area contributed by atoms with Crippen LogP contribution in [-0.2, 0) is 11.2 Å². The molecule has 7 heteroatoms. The third-order valence-corrected chi connectivity index (χ3v) is 6.07. The number of aryl methyl sites for hydroxylation is 2. The van der Waals surface area contributed by atoms with Gasteiger partial charge in [0, 0.05) is 24.5 Å². The van der Waals surface area contributed by atoms with Crippen molar-refractivity contribution in [2.75, 3.05) is 6.61 Å². The highest BCUT2D eigenvalue weighted by Crippen LogP contribution is 2.33. The van der Waals surface area contributed by atoms with E-state index in [4.69, 9.17) is 37.8 Å². The molecule has 0 aliphatic rings. The van der Waals surface area contributed by atoms with Crippen LogP contribution in [-0.4, -0.2) is 29.6 Å². The molecular formula is C27H26Cl2O5. The number of carboxylic acids is 1. The highest BCUT2D eigenvalue weighted by Gasteiger charge is 2.19. The molecule has 0 bridgehead atoms. The largest absolute Gasteiger partial charge is 0.493 e. The van der Waals surface area contributed by atoms with Gasteiger partial charge >= 0.3 is 5.97 Å². The molecule has 0 saturated carbocycles. The number of hydrogen-bond acceptors (Lipinski definition) is 4. The Morgan fingerprint density at radius 1 is 1.00 bits per heavy atom. The first-order valence-corrected chi connectivity index (χ1v) is 11.7. The summed E-state index contributed by atoms with van der Waals surface area (Å²) in [4.78, 5) is 23.8. The van der Waals surface area contributed by atoms with E-state index in [0.29, 0.717) is 47.1 Å². The summed E-state index contributed by atoms with van der Waals surface area (Å²) in [6, 6.07) is 17.6. The van der Waals surface area contributed by atoms with Crippen molar-refractivity contribution in [1.82, 2.24) is 0 Å². The minimum absolute atomic E-state index is 0.0966. The zero-order chi connectivity index (χ0) is 24.7. The zero-order valence-corrected chi connectivity index (χ0v) is 20.5. The molecule has 3 rings (SSSR count). The normalized spacial score (nSPS) is 11.6. The van der Waals surface area contributed by atoms with Gasteiger partial charge in [-0.15, -0.1) is 0 Å². The molecule has 34 heavy (non-hydrogen) atoms. The Kier molecular flexibility index (Phi) is 8.97. The lowest BCUT2D eigenvalue weighted by molar-refractivity contribution is -0.136. The molecule has 0 radical (unpaired) electrons. The first kappa shape index (κ1) is 25.6. The van der Waals surface area contributed by atoms with E-state index in [1.54, 1.807) is 30.3 Å². The second kappa shape index (κ2) is 11.9. The number of ether oxygens (including phenoxy) is 2. The van der Waals surface area contributed by atoms with Gasteiger partial charge in [0.25, 0.3) is 0 Å². The van der Waals surface area contributed by atoms with Crippen LogP contribution >= 0.6 is 23.2 Å². The Bertz CT molecular complexity index is 1160. The average Bonchev–Trinajstić information content (AvgIpc) is 2.80. The lowest BCUT2D eigenvalue weighted by atomic mass is 10.0. The average molecular weight is 501 g/mol. The number of benzene rings is 3. The monoisotopic (exact) mass is 500 g/mol. The second-order valence-electron chi connectivity index (χ2n) is 8.01. The molecule has 0 amide bonds. The molecule has 0 saturated heterocycles. The van der Waals surface area contributed by atoms with Gasteiger partial charge in [-0.25, -0.2) is 0 Å². The molecule has 0 spiro atoms. The van der Waals surface area contributed by atoms with Crippen molar-refractivity contribution in [2.45, 2.75) is 39.2 Å². The maximum atomic E-state index is 13.0.